The van der Waals surface area contributed by atoms with Crippen molar-refractivity contribution in [3.63, 3.8) is 0 Å². The number of nitrogens with zero attached hydrogens (tertiary/aromatic N) is 4. The van der Waals surface area contributed by atoms with Gasteiger partial charge in [-0.3, -0.25) is 0 Å². The van der Waals surface area contributed by atoms with Crippen molar-refractivity contribution in [2.24, 2.45) is 0 Å². The molecular formula is C14H31F6N4NiO2P. The van der Waals surface area contributed by atoms with E-state index < -0.39 is 13.8 Å². The molecule has 1 fully saturated rings. The van der Waals surface area contributed by atoms with Crippen molar-refractivity contribution < 1.29 is 51.6 Å². The Morgan fingerprint density at radius 1 is 0.643 bits per heavy atom. The minimum atomic E-state index is -10.7. The molecule has 176 valence electrons. The number of hydrogen-bond donors (Lipinski definition) is 0. The summed E-state index contributed by atoms with van der Waals surface area (Å²) in [6, 6.07) is 0. The van der Waals surface area contributed by atoms with Gasteiger partial charge in [0.2, 0.25) is 0 Å². The molecule has 0 amide bonds. The molecule has 1 aliphatic heterocycles. The molecule has 0 aromatic heterocycles. The van der Waals surface area contributed by atoms with E-state index in [-0.39, 0.29) is 16.5 Å². The van der Waals surface area contributed by atoms with Crippen LogP contribution in [0.4, 0.5) is 25.2 Å². The smallest absolute Gasteiger partial charge is 2.00 e. The first-order valence-corrected chi connectivity index (χ1v) is 10.3. The number of aliphatic carboxylic acids is 1. The van der Waals surface area contributed by atoms with Gasteiger partial charge in [-0.2, -0.15) is 0 Å². The van der Waals surface area contributed by atoms with Gasteiger partial charge in [-0.1, -0.05) is 0 Å². The van der Waals surface area contributed by atoms with Crippen LogP contribution in [0.15, 0.2) is 0 Å². The van der Waals surface area contributed by atoms with E-state index >= 15 is 0 Å². The Labute approximate surface area is 173 Å². The quantitative estimate of drug-likeness (QED) is 0.293. The molecule has 0 spiro atoms. The molecule has 1 heterocycles. The van der Waals surface area contributed by atoms with Crippen LogP contribution in [0.25, 0.3) is 0 Å². The van der Waals surface area contributed by atoms with E-state index in [2.05, 4.69) is 47.8 Å². The molecule has 0 unspecified atom stereocenters. The van der Waals surface area contributed by atoms with Crippen LogP contribution in [0.3, 0.4) is 0 Å². The zero-order valence-corrected chi connectivity index (χ0v) is 18.7. The van der Waals surface area contributed by atoms with Crippen molar-refractivity contribution in [2.45, 2.75) is 6.92 Å². The fraction of sp³-hybridized carbons (Fsp3) is 0.929. The predicted octanol–water partition coefficient (Wildman–Crippen LogP) is 1.86. The minimum Gasteiger partial charge on any atom is 2.00 e. The fourth-order valence-corrected chi connectivity index (χ4v) is 1.81. The molecule has 0 bridgehead atoms. The Kier molecular flexibility index (Phi) is 14.5. The molecule has 0 aromatic rings. The third kappa shape index (κ3) is 40.5. The van der Waals surface area contributed by atoms with Gasteiger partial charge in [0.1, 0.15) is 0 Å². The van der Waals surface area contributed by atoms with E-state index in [1.165, 1.54) is 52.4 Å². The maximum absolute atomic E-state index is 10.7. The zero-order chi connectivity index (χ0) is 22.0. The van der Waals surface area contributed by atoms with E-state index in [0.29, 0.717) is 0 Å². The topological polar surface area (TPSA) is 53.1 Å². The Morgan fingerprint density at radius 2 is 0.714 bits per heavy atom. The largest absolute Gasteiger partial charge is 2.00 e. The number of carbonyl (C=O) groups excluding carboxylic acids is 1. The predicted molar refractivity (Wildman–Crippen MR) is 94.2 cm³/mol. The second kappa shape index (κ2) is 12.5. The SMILES string of the molecule is CC(=O)[O-].CN1CCN(C)CCN(C)CCN(C)CC1.F[P-](F)(F)(F)(F)F.[Ni+2]. The van der Waals surface area contributed by atoms with E-state index in [4.69, 9.17) is 9.90 Å². The normalized spacial score (nSPS) is 21.7. The molecular weight excluding hydrogens is 460 g/mol. The first-order chi connectivity index (χ1) is 11.8. The van der Waals surface area contributed by atoms with Crippen molar-refractivity contribution in [1.82, 2.24) is 19.6 Å². The number of rotatable bonds is 0. The molecule has 0 atom stereocenters. The van der Waals surface area contributed by atoms with Gasteiger partial charge >= 0.3 is 49.5 Å². The third-order valence-electron chi connectivity index (χ3n) is 3.45. The Balaban J connectivity index is -0.000000436. The van der Waals surface area contributed by atoms with Gasteiger partial charge in [0.25, 0.3) is 0 Å². The summed E-state index contributed by atoms with van der Waals surface area (Å²) in [5.74, 6) is -1.08. The monoisotopic (exact) mass is 490 g/mol. The second-order valence-electron chi connectivity index (χ2n) is 6.66. The Hall–Kier alpha value is -0.186. The van der Waals surface area contributed by atoms with Gasteiger partial charge in [-0.25, -0.2) is 0 Å². The van der Waals surface area contributed by atoms with Crippen LogP contribution >= 0.6 is 7.81 Å². The van der Waals surface area contributed by atoms with E-state index in [1.54, 1.807) is 0 Å². The van der Waals surface area contributed by atoms with E-state index in [1.807, 2.05) is 0 Å². The van der Waals surface area contributed by atoms with Gasteiger partial charge in [0, 0.05) is 58.3 Å². The molecule has 0 aromatic carbocycles. The van der Waals surface area contributed by atoms with Gasteiger partial charge in [-0.05, 0) is 35.1 Å². The number of carboxylic acids is 1. The molecule has 28 heavy (non-hydrogen) atoms. The van der Waals surface area contributed by atoms with Crippen molar-refractivity contribution in [1.29, 1.82) is 0 Å². The molecule has 0 saturated carbocycles. The van der Waals surface area contributed by atoms with Crippen LogP contribution in [-0.4, -0.2) is 106 Å². The number of halogens is 6. The summed E-state index contributed by atoms with van der Waals surface area (Å²) >= 11 is 0. The fourth-order valence-electron chi connectivity index (χ4n) is 1.81. The van der Waals surface area contributed by atoms with Gasteiger partial charge in [0.15, 0.2) is 0 Å². The molecule has 1 aliphatic rings. The van der Waals surface area contributed by atoms with E-state index in [0.717, 1.165) is 6.92 Å². The summed E-state index contributed by atoms with van der Waals surface area (Å²) in [6.07, 6.45) is 0. The van der Waals surface area contributed by atoms with E-state index in [9.17, 15) is 25.2 Å². The van der Waals surface area contributed by atoms with Crippen LogP contribution in [0.5, 0.6) is 0 Å². The summed E-state index contributed by atoms with van der Waals surface area (Å²) in [7, 11) is -1.77. The number of carbonyl (C=O) groups is 1. The summed E-state index contributed by atoms with van der Waals surface area (Å²) < 4.78 is 59.2. The van der Waals surface area contributed by atoms with Crippen LogP contribution in [0.2, 0.25) is 0 Å². The zero-order valence-electron chi connectivity index (χ0n) is 16.8. The van der Waals surface area contributed by atoms with Gasteiger partial charge < -0.3 is 29.5 Å². The molecule has 0 radical (unpaired) electrons. The average molecular weight is 491 g/mol. The number of carboxylic acid groups (broad SMARTS) is 1. The Morgan fingerprint density at radius 3 is 0.786 bits per heavy atom. The summed E-state index contributed by atoms with van der Waals surface area (Å²) in [4.78, 5) is 18.6. The molecule has 0 N–H and O–H groups in total. The molecule has 6 nitrogen and oxygen atoms in total. The van der Waals surface area contributed by atoms with Crippen LogP contribution in [0.1, 0.15) is 6.92 Å². The molecule has 14 heteroatoms. The minimum absolute atomic E-state index is 0. The van der Waals surface area contributed by atoms with Crippen LogP contribution < -0.4 is 5.11 Å². The van der Waals surface area contributed by atoms with Gasteiger partial charge in [-0.15, -0.1) is 0 Å². The Bertz CT molecular complexity index is 373. The van der Waals surface area contributed by atoms with Crippen LogP contribution in [-0.2, 0) is 21.3 Å². The molecule has 1 rings (SSSR count). The third-order valence-corrected chi connectivity index (χ3v) is 3.45. The average Bonchev–Trinajstić information content (AvgIpc) is 2.41. The van der Waals surface area contributed by atoms with Crippen molar-refractivity contribution in [3.05, 3.63) is 0 Å². The number of hydrogen-bond acceptors (Lipinski definition) is 6. The van der Waals surface area contributed by atoms with Crippen LogP contribution in [0, 0.1) is 0 Å². The summed E-state index contributed by atoms with van der Waals surface area (Å²) in [5, 5.41) is 8.89. The maximum Gasteiger partial charge on any atom is 2.00 e. The first-order valence-electron chi connectivity index (χ1n) is 8.24. The first kappa shape index (κ1) is 32.5. The van der Waals surface area contributed by atoms with Crippen molar-refractivity contribution >= 4 is 13.8 Å². The second-order valence-corrected chi connectivity index (χ2v) is 8.58. The number of likely N-dealkylation sites (N-methyl/N-ethyl adjacent to an activating group) is 4. The van der Waals surface area contributed by atoms with Crippen molar-refractivity contribution in [3.8, 4) is 0 Å². The standard InChI is InChI=1S/C12H28N4.C2H4O2.F6P.Ni/c1-13-5-7-14(2)9-11-16(4)12-10-15(3)8-6-13;1-2(3)4;1-7(2,3,4,5)6;/h5-12H2,1-4H3;1H3,(H,3,4);;/q;;-1;+2/p-1. The summed E-state index contributed by atoms with van der Waals surface area (Å²) in [5.41, 5.74) is 0. The van der Waals surface area contributed by atoms with Gasteiger partial charge in [0.05, 0.1) is 0 Å². The molecule has 1 saturated heterocycles. The molecule has 0 aliphatic carbocycles. The maximum atomic E-state index is 9.87. The summed E-state index contributed by atoms with van der Waals surface area (Å²) in [6.45, 7) is 10.4. The van der Waals surface area contributed by atoms with Crippen molar-refractivity contribution in [2.75, 3.05) is 80.5 Å².